The van der Waals surface area contributed by atoms with E-state index >= 15 is 0 Å². The predicted octanol–water partition coefficient (Wildman–Crippen LogP) is 4.63. The first-order valence-electron chi connectivity index (χ1n) is 9.55. The summed E-state index contributed by atoms with van der Waals surface area (Å²) in [4.78, 5) is 12.6. The van der Waals surface area contributed by atoms with Gasteiger partial charge in [-0.25, -0.2) is 0 Å². The van der Waals surface area contributed by atoms with Gasteiger partial charge in [0.2, 0.25) is 5.91 Å². The van der Waals surface area contributed by atoms with Gasteiger partial charge in [-0.05, 0) is 37.5 Å². The van der Waals surface area contributed by atoms with E-state index in [2.05, 4.69) is 47.6 Å². The molecule has 0 saturated heterocycles. The highest BCUT2D eigenvalue weighted by Crippen LogP contribution is 2.24. The lowest BCUT2D eigenvalue weighted by Gasteiger charge is -2.18. The quantitative estimate of drug-likeness (QED) is 0.566. The van der Waals surface area contributed by atoms with Crippen LogP contribution in [0.4, 0.5) is 0 Å². The molecule has 1 aromatic heterocycles. The van der Waals surface area contributed by atoms with Crippen LogP contribution in [0.15, 0.2) is 59.8 Å². The van der Waals surface area contributed by atoms with E-state index in [-0.39, 0.29) is 11.9 Å². The minimum atomic E-state index is 0.00397. The van der Waals surface area contributed by atoms with Crippen LogP contribution in [0.3, 0.4) is 0 Å². The summed E-state index contributed by atoms with van der Waals surface area (Å²) in [6.45, 7) is 6.12. The number of carbonyl (C=O) groups is 1. The summed E-state index contributed by atoms with van der Waals surface area (Å²) >= 11 is 1.41. The molecule has 2 aromatic carbocycles. The molecule has 1 N–H and O–H groups in total. The Kier molecular flexibility index (Phi) is 6.87. The molecule has 0 aliphatic carbocycles. The molecule has 0 spiro atoms. The zero-order chi connectivity index (χ0) is 19.9. The fraction of sp³-hybridized carbons (Fsp3) is 0.318. The number of aromatic nitrogens is 3. The van der Waals surface area contributed by atoms with Crippen molar-refractivity contribution in [3.05, 3.63) is 71.5 Å². The number of para-hydroxylation sites is 1. The molecule has 0 aliphatic rings. The topological polar surface area (TPSA) is 59.8 Å². The molecule has 3 rings (SSSR count). The monoisotopic (exact) mass is 394 g/mol. The average molecular weight is 395 g/mol. The Hall–Kier alpha value is -2.60. The number of benzene rings is 2. The van der Waals surface area contributed by atoms with Crippen molar-refractivity contribution in [3.8, 4) is 5.69 Å². The van der Waals surface area contributed by atoms with E-state index in [4.69, 9.17) is 0 Å². The highest BCUT2D eigenvalue weighted by atomic mass is 32.2. The fourth-order valence-corrected chi connectivity index (χ4v) is 3.99. The standard InChI is InChI=1S/C22H26N4OS/c1-4-10-19(18-12-6-5-7-13-18)23-21(27)15-28-22-25-24-17(3)26(22)20-14-9-8-11-16(20)2/h5-9,11-14,19H,4,10,15H2,1-3H3,(H,23,27). The average Bonchev–Trinajstić information content (AvgIpc) is 3.07. The summed E-state index contributed by atoms with van der Waals surface area (Å²) < 4.78 is 2.01. The van der Waals surface area contributed by atoms with Crippen LogP contribution in [0.2, 0.25) is 0 Å². The van der Waals surface area contributed by atoms with Gasteiger partial charge in [0.15, 0.2) is 5.16 Å². The maximum absolute atomic E-state index is 12.6. The molecule has 5 nitrogen and oxygen atoms in total. The number of carbonyl (C=O) groups excluding carboxylic acids is 1. The highest BCUT2D eigenvalue weighted by Gasteiger charge is 2.17. The summed E-state index contributed by atoms with van der Waals surface area (Å²) in [6, 6.07) is 18.3. The molecule has 0 radical (unpaired) electrons. The van der Waals surface area contributed by atoms with Crippen LogP contribution in [0.25, 0.3) is 5.69 Å². The molecule has 1 atom stereocenters. The van der Waals surface area contributed by atoms with E-state index in [9.17, 15) is 4.79 Å². The molecule has 1 unspecified atom stereocenters. The number of hydrogen-bond donors (Lipinski definition) is 1. The largest absolute Gasteiger partial charge is 0.349 e. The van der Waals surface area contributed by atoms with Gasteiger partial charge >= 0.3 is 0 Å². The number of nitrogens with zero attached hydrogens (tertiary/aromatic N) is 3. The molecular weight excluding hydrogens is 368 g/mol. The molecular formula is C22H26N4OS. The third-order valence-electron chi connectivity index (χ3n) is 4.60. The third-order valence-corrected chi connectivity index (χ3v) is 5.53. The fourth-order valence-electron chi connectivity index (χ4n) is 3.19. The van der Waals surface area contributed by atoms with Crippen molar-refractivity contribution in [1.29, 1.82) is 0 Å². The second-order valence-corrected chi connectivity index (χ2v) is 7.70. The molecule has 0 fully saturated rings. The SMILES string of the molecule is CCCC(NC(=O)CSc1nnc(C)n1-c1ccccc1C)c1ccccc1. The molecule has 146 valence electrons. The number of hydrogen-bond acceptors (Lipinski definition) is 4. The van der Waals surface area contributed by atoms with Crippen molar-refractivity contribution in [3.63, 3.8) is 0 Å². The van der Waals surface area contributed by atoms with Crippen molar-refractivity contribution < 1.29 is 4.79 Å². The maximum Gasteiger partial charge on any atom is 0.230 e. The lowest BCUT2D eigenvalue weighted by atomic mass is 10.0. The van der Waals surface area contributed by atoms with E-state index in [1.165, 1.54) is 11.8 Å². The summed E-state index contributed by atoms with van der Waals surface area (Å²) in [5.74, 6) is 1.12. The molecule has 28 heavy (non-hydrogen) atoms. The molecule has 3 aromatic rings. The zero-order valence-electron chi connectivity index (χ0n) is 16.6. The summed E-state index contributed by atoms with van der Waals surface area (Å²) in [6.07, 6.45) is 1.92. The lowest BCUT2D eigenvalue weighted by molar-refractivity contribution is -0.119. The Morgan fingerprint density at radius 1 is 1.07 bits per heavy atom. The zero-order valence-corrected chi connectivity index (χ0v) is 17.4. The summed E-state index contributed by atoms with van der Waals surface area (Å²) in [5.41, 5.74) is 3.33. The van der Waals surface area contributed by atoms with Crippen molar-refractivity contribution in [2.75, 3.05) is 5.75 Å². The molecule has 1 heterocycles. The van der Waals surface area contributed by atoms with E-state index in [1.54, 1.807) is 0 Å². The van der Waals surface area contributed by atoms with Crippen molar-refractivity contribution >= 4 is 17.7 Å². The Morgan fingerprint density at radius 2 is 1.79 bits per heavy atom. The normalized spacial score (nSPS) is 12.0. The van der Waals surface area contributed by atoms with E-state index in [0.717, 1.165) is 40.6 Å². The smallest absolute Gasteiger partial charge is 0.230 e. The Balaban J connectivity index is 1.69. The lowest BCUT2D eigenvalue weighted by Crippen LogP contribution is -2.30. The van der Waals surface area contributed by atoms with Crippen LogP contribution < -0.4 is 5.32 Å². The Morgan fingerprint density at radius 3 is 2.50 bits per heavy atom. The van der Waals surface area contributed by atoms with Gasteiger partial charge < -0.3 is 5.32 Å². The second-order valence-electron chi connectivity index (χ2n) is 6.76. The van der Waals surface area contributed by atoms with Crippen molar-refractivity contribution in [2.24, 2.45) is 0 Å². The predicted molar refractivity (Wildman–Crippen MR) is 114 cm³/mol. The van der Waals surface area contributed by atoms with Gasteiger partial charge in [-0.3, -0.25) is 9.36 Å². The van der Waals surface area contributed by atoms with E-state index < -0.39 is 0 Å². The highest BCUT2D eigenvalue weighted by molar-refractivity contribution is 7.99. The van der Waals surface area contributed by atoms with Crippen LogP contribution >= 0.6 is 11.8 Å². The first-order valence-corrected chi connectivity index (χ1v) is 10.5. The summed E-state index contributed by atoms with van der Waals surface area (Å²) in [5, 5.41) is 12.4. The van der Waals surface area contributed by atoms with Gasteiger partial charge in [-0.2, -0.15) is 0 Å². The van der Waals surface area contributed by atoms with E-state index in [0.29, 0.717) is 5.75 Å². The second kappa shape index (κ2) is 9.55. The van der Waals surface area contributed by atoms with Gasteiger partial charge in [-0.15, -0.1) is 10.2 Å². The Labute approximate surface area is 170 Å². The molecule has 0 bridgehead atoms. The van der Waals surface area contributed by atoms with Crippen LogP contribution in [-0.4, -0.2) is 26.4 Å². The Bertz CT molecular complexity index is 923. The minimum Gasteiger partial charge on any atom is -0.349 e. The van der Waals surface area contributed by atoms with Crippen molar-refractivity contribution in [2.45, 2.75) is 44.8 Å². The number of aryl methyl sites for hydroxylation is 2. The van der Waals surface area contributed by atoms with Gasteiger partial charge in [0.25, 0.3) is 0 Å². The third kappa shape index (κ3) is 4.81. The minimum absolute atomic E-state index is 0.00397. The van der Waals surface area contributed by atoms with Crippen LogP contribution in [-0.2, 0) is 4.79 Å². The summed E-state index contributed by atoms with van der Waals surface area (Å²) in [7, 11) is 0. The van der Waals surface area contributed by atoms with Crippen molar-refractivity contribution in [1.82, 2.24) is 20.1 Å². The van der Waals surface area contributed by atoms with Gasteiger partial charge in [-0.1, -0.05) is 73.6 Å². The number of nitrogens with one attached hydrogen (secondary N) is 1. The maximum atomic E-state index is 12.6. The first kappa shape index (κ1) is 20.1. The van der Waals surface area contributed by atoms with Crippen LogP contribution in [0.5, 0.6) is 0 Å². The molecule has 6 heteroatoms. The number of rotatable bonds is 8. The molecule has 1 amide bonds. The van der Waals surface area contributed by atoms with Gasteiger partial charge in [0.05, 0.1) is 17.5 Å². The number of amides is 1. The molecule has 0 aliphatic heterocycles. The first-order chi connectivity index (χ1) is 13.6. The number of thioether (sulfide) groups is 1. The molecule has 0 saturated carbocycles. The van der Waals surface area contributed by atoms with Gasteiger partial charge in [0, 0.05) is 0 Å². The van der Waals surface area contributed by atoms with E-state index in [1.807, 2.05) is 47.9 Å². The van der Waals surface area contributed by atoms with Crippen LogP contribution in [0, 0.1) is 13.8 Å². The van der Waals surface area contributed by atoms with Crippen LogP contribution in [0.1, 0.15) is 42.8 Å². The van der Waals surface area contributed by atoms with Gasteiger partial charge in [0.1, 0.15) is 5.82 Å².